The van der Waals surface area contributed by atoms with E-state index in [-0.39, 0.29) is 16.8 Å². The minimum atomic E-state index is -0.231. The van der Waals surface area contributed by atoms with E-state index in [4.69, 9.17) is 10.4 Å². The lowest BCUT2D eigenvalue weighted by Gasteiger charge is -2.07. The van der Waals surface area contributed by atoms with Crippen LogP contribution in [0.1, 0.15) is 6.92 Å². The fourth-order valence-corrected chi connectivity index (χ4v) is 0.759. The molecule has 1 aromatic heterocycles. The van der Waals surface area contributed by atoms with Crippen LogP contribution in [0.15, 0.2) is 18.3 Å². The second-order valence-electron chi connectivity index (χ2n) is 2.37. The van der Waals surface area contributed by atoms with Crippen molar-refractivity contribution < 1.29 is 15.2 Å². The van der Waals surface area contributed by atoms with E-state index >= 15 is 0 Å². The largest absolute Gasteiger partial charge is 0.311 e. The number of rotatable bonds is 2. The van der Waals surface area contributed by atoms with E-state index in [0.29, 0.717) is 5.82 Å². The van der Waals surface area contributed by atoms with E-state index in [2.05, 4.69) is 10.3 Å². The van der Waals surface area contributed by atoms with Crippen LogP contribution in [0, 0.1) is 0 Å². The van der Waals surface area contributed by atoms with Crippen molar-refractivity contribution in [2.24, 2.45) is 0 Å². The van der Waals surface area contributed by atoms with Crippen LogP contribution >= 0.6 is 0 Å². The van der Waals surface area contributed by atoms with Gasteiger partial charge in [0.25, 0.3) is 0 Å². The monoisotopic (exact) mass is 183 g/mol. The number of nitrogens with zero attached hydrogens (tertiary/aromatic N) is 2. The highest BCUT2D eigenvalue weighted by Crippen LogP contribution is 2.11. The van der Waals surface area contributed by atoms with Crippen LogP contribution in [0.4, 0.5) is 11.5 Å². The van der Waals surface area contributed by atoms with Crippen molar-refractivity contribution in [3.05, 3.63) is 18.3 Å². The van der Waals surface area contributed by atoms with Gasteiger partial charge in [0, 0.05) is 6.92 Å². The third kappa shape index (κ3) is 2.69. The number of hydrogen-bond donors (Lipinski definition) is 3. The molecule has 1 rings (SSSR count). The SMILES string of the molecule is CC(=O)Nc1ccc(N(O)O)cn1. The normalized spacial score (nSPS) is 9.46. The molecule has 1 amide bonds. The van der Waals surface area contributed by atoms with Gasteiger partial charge in [0.15, 0.2) is 0 Å². The van der Waals surface area contributed by atoms with Gasteiger partial charge < -0.3 is 5.32 Å². The van der Waals surface area contributed by atoms with Gasteiger partial charge in [-0.25, -0.2) is 4.98 Å². The highest BCUT2D eigenvalue weighted by atomic mass is 16.8. The molecule has 0 saturated carbocycles. The summed E-state index contributed by atoms with van der Waals surface area (Å²) < 4.78 is 0. The molecule has 1 heterocycles. The van der Waals surface area contributed by atoms with Crippen molar-refractivity contribution in [1.29, 1.82) is 0 Å². The molecule has 0 unspecified atom stereocenters. The number of carbonyl (C=O) groups excluding carboxylic acids is 1. The zero-order valence-corrected chi connectivity index (χ0v) is 6.93. The van der Waals surface area contributed by atoms with Gasteiger partial charge in [0.1, 0.15) is 11.5 Å². The average Bonchev–Trinajstić information content (AvgIpc) is 2.04. The Morgan fingerprint density at radius 3 is 2.62 bits per heavy atom. The minimum absolute atomic E-state index is 0.0510. The van der Waals surface area contributed by atoms with Gasteiger partial charge in [-0.05, 0) is 12.1 Å². The molecule has 0 atom stereocenters. The van der Waals surface area contributed by atoms with Gasteiger partial charge in [-0.1, -0.05) is 0 Å². The smallest absolute Gasteiger partial charge is 0.222 e. The Balaban J connectivity index is 2.75. The van der Waals surface area contributed by atoms with Crippen molar-refractivity contribution in [1.82, 2.24) is 4.98 Å². The Bertz CT molecular complexity index is 296. The summed E-state index contributed by atoms with van der Waals surface area (Å²) in [5, 5.41) is 19.5. The molecule has 13 heavy (non-hydrogen) atoms. The number of hydrogen-bond acceptors (Lipinski definition) is 5. The van der Waals surface area contributed by atoms with Crippen molar-refractivity contribution in [3.8, 4) is 0 Å². The van der Waals surface area contributed by atoms with Gasteiger partial charge >= 0.3 is 0 Å². The summed E-state index contributed by atoms with van der Waals surface area (Å²) >= 11 is 0. The third-order valence-corrected chi connectivity index (χ3v) is 1.28. The number of aromatic nitrogens is 1. The van der Waals surface area contributed by atoms with Crippen LogP contribution in [0.3, 0.4) is 0 Å². The quantitative estimate of drug-likeness (QED) is 0.585. The molecule has 6 nitrogen and oxygen atoms in total. The molecule has 0 fully saturated rings. The van der Waals surface area contributed by atoms with Crippen LogP contribution in [-0.4, -0.2) is 21.3 Å². The van der Waals surface area contributed by atoms with E-state index in [0.717, 1.165) is 0 Å². The second-order valence-corrected chi connectivity index (χ2v) is 2.37. The first-order valence-corrected chi connectivity index (χ1v) is 3.51. The molecule has 0 saturated heterocycles. The number of carbonyl (C=O) groups is 1. The predicted molar refractivity (Wildman–Crippen MR) is 44.6 cm³/mol. The summed E-state index contributed by atoms with van der Waals surface area (Å²) in [4.78, 5) is 14.3. The van der Waals surface area contributed by atoms with Crippen LogP contribution in [0.5, 0.6) is 0 Å². The lowest BCUT2D eigenvalue weighted by atomic mass is 10.4. The summed E-state index contributed by atoms with van der Waals surface area (Å²) in [5.74, 6) is 0.128. The standard InChI is InChI=1S/C7H9N3O3/c1-5(11)9-7-3-2-6(4-8-7)10(12)13/h2-4,12-13H,1H3,(H,8,9,11). The average molecular weight is 183 g/mol. The molecule has 1 aromatic rings. The maximum Gasteiger partial charge on any atom is 0.222 e. The molecule has 0 aliphatic rings. The van der Waals surface area contributed by atoms with Gasteiger partial charge in [0.2, 0.25) is 5.91 Å². The highest BCUT2D eigenvalue weighted by molar-refractivity contribution is 5.87. The van der Waals surface area contributed by atoms with E-state index in [1.54, 1.807) is 0 Å². The number of anilines is 2. The summed E-state index contributed by atoms with van der Waals surface area (Å²) in [6, 6.07) is 2.86. The molecule has 0 bridgehead atoms. The molecule has 6 heteroatoms. The second kappa shape index (κ2) is 3.83. The van der Waals surface area contributed by atoms with Gasteiger partial charge in [0.05, 0.1) is 6.20 Å². The molecule has 70 valence electrons. The van der Waals surface area contributed by atoms with Crippen molar-refractivity contribution >= 4 is 17.4 Å². The Morgan fingerprint density at radius 1 is 1.54 bits per heavy atom. The lowest BCUT2D eigenvalue weighted by molar-refractivity contribution is -0.114. The molecule has 0 aliphatic carbocycles. The highest BCUT2D eigenvalue weighted by Gasteiger charge is 2.00. The van der Waals surface area contributed by atoms with E-state index < -0.39 is 0 Å². The minimum Gasteiger partial charge on any atom is -0.311 e. The predicted octanol–water partition coefficient (Wildman–Crippen LogP) is 0.625. The topological polar surface area (TPSA) is 85.7 Å². The van der Waals surface area contributed by atoms with Crippen molar-refractivity contribution in [2.75, 3.05) is 10.5 Å². The van der Waals surface area contributed by atoms with Gasteiger partial charge in [-0.15, -0.1) is 5.23 Å². The van der Waals surface area contributed by atoms with E-state index in [1.807, 2.05) is 0 Å². The summed E-state index contributed by atoms with van der Waals surface area (Å²) in [7, 11) is 0. The van der Waals surface area contributed by atoms with Crippen LogP contribution in [0.25, 0.3) is 0 Å². The van der Waals surface area contributed by atoms with Crippen LogP contribution < -0.4 is 10.5 Å². The fraction of sp³-hybridized carbons (Fsp3) is 0.143. The first kappa shape index (κ1) is 9.43. The molecule has 3 N–H and O–H groups in total. The van der Waals surface area contributed by atoms with Crippen molar-refractivity contribution in [3.63, 3.8) is 0 Å². The molecule has 0 radical (unpaired) electrons. The molecule has 0 aromatic carbocycles. The van der Waals surface area contributed by atoms with Crippen LogP contribution in [-0.2, 0) is 4.79 Å². The number of nitrogens with one attached hydrogen (secondary N) is 1. The number of pyridine rings is 1. The Hall–Kier alpha value is -1.66. The summed E-state index contributed by atoms with van der Waals surface area (Å²) in [6.07, 6.45) is 1.21. The Labute approximate surface area is 74.3 Å². The molecular weight excluding hydrogens is 174 g/mol. The summed E-state index contributed by atoms with van der Waals surface area (Å²) in [6.45, 7) is 1.36. The maximum absolute atomic E-state index is 10.6. The van der Waals surface area contributed by atoms with E-state index in [9.17, 15) is 4.79 Å². The zero-order valence-electron chi connectivity index (χ0n) is 6.93. The summed E-state index contributed by atoms with van der Waals surface area (Å²) in [5.41, 5.74) is 0.120. The Morgan fingerprint density at radius 2 is 2.23 bits per heavy atom. The van der Waals surface area contributed by atoms with Gasteiger partial charge in [-0.3, -0.25) is 15.2 Å². The Kier molecular flexibility index (Phi) is 2.78. The number of amides is 1. The molecular formula is C7H9N3O3. The first-order valence-electron chi connectivity index (χ1n) is 3.51. The van der Waals surface area contributed by atoms with Gasteiger partial charge in [-0.2, -0.15) is 0 Å². The van der Waals surface area contributed by atoms with Crippen molar-refractivity contribution in [2.45, 2.75) is 6.92 Å². The fourth-order valence-electron chi connectivity index (χ4n) is 0.759. The third-order valence-electron chi connectivity index (χ3n) is 1.28. The maximum atomic E-state index is 10.6. The molecule has 0 aliphatic heterocycles. The molecule has 0 spiro atoms. The van der Waals surface area contributed by atoms with Crippen LogP contribution in [0.2, 0.25) is 0 Å². The first-order chi connectivity index (χ1) is 6.09. The lowest BCUT2D eigenvalue weighted by Crippen LogP contribution is -2.12. The zero-order chi connectivity index (χ0) is 9.84. The van der Waals surface area contributed by atoms with E-state index in [1.165, 1.54) is 25.3 Å².